The van der Waals surface area contributed by atoms with E-state index in [-0.39, 0.29) is 5.70 Å². The fourth-order valence-corrected chi connectivity index (χ4v) is 2.62. The first-order valence-corrected chi connectivity index (χ1v) is 7.45. The van der Waals surface area contributed by atoms with Gasteiger partial charge in [-0.25, -0.2) is 14.4 Å². The number of dihydropyridines is 1. The Morgan fingerprint density at radius 1 is 1.50 bits per heavy atom. The first-order valence-electron chi connectivity index (χ1n) is 7.45. The van der Waals surface area contributed by atoms with E-state index >= 15 is 0 Å². The molecule has 2 aromatic heterocycles. The Balaban J connectivity index is 2.01. The van der Waals surface area contributed by atoms with Gasteiger partial charge in [0.2, 0.25) is 0 Å². The average molecular weight is 329 g/mol. The molecular weight excluding hydrogens is 309 g/mol. The molecule has 7 nitrogen and oxygen atoms in total. The Labute approximate surface area is 138 Å². The van der Waals surface area contributed by atoms with Crippen molar-refractivity contribution in [3.05, 3.63) is 41.9 Å². The summed E-state index contributed by atoms with van der Waals surface area (Å²) >= 11 is 0. The van der Waals surface area contributed by atoms with Gasteiger partial charge in [-0.05, 0) is 26.0 Å². The van der Waals surface area contributed by atoms with Gasteiger partial charge < -0.3 is 16.8 Å². The summed E-state index contributed by atoms with van der Waals surface area (Å²) in [6.07, 6.45) is 1.54. The molecule has 0 radical (unpaired) electrons. The lowest BCUT2D eigenvalue weighted by Gasteiger charge is -2.29. The van der Waals surface area contributed by atoms with Crippen LogP contribution in [0.25, 0.3) is 11.0 Å². The molecule has 2 unspecified atom stereocenters. The predicted octanol–water partition coefficient (Wildman–Crippen LogP) is 1.51. The lowest BCUT2D eigenvalue weighted by molar-refractivity contribution is 0.258. The molecule has 0 bridgehead atoms. The van der Waals surface area contributed by atoms with Gasteiger partial charge >= 0.3 is 0 Å². The molecule has 0 amide bonds. The molecule has 1 aliphatic rings. The highest BCUT2D eigenvalue weighted by Gasteiger charge is 2.34. The topological polar surface area (TPSA) is 107 Å². The zero-order valence-electron chi connectivity index (χ0n) is 13.8. The van der Waals surface area contributed by atoms with Gasteiger partial charge in [-0.1, -0.05) is 6.58 Å². The van der Waals surface area contributed by atoms with Crippen molar-refractivity contribution in [3.8, 4) is 0 Å². The van der Waals surface area contributed by atoms with Crippen molar-refractivity contribution in [1.82, 2.24) is 14.8 Å². The Bertz CT molecular complexity index is 891. The van der Waals surface area contributed by atoms with Gasteiger partial charge in [-0.2, -0.15) is 5.10 Å². The van der Waals surface area contributed by atoms with Crippen molar-refractivity contribution in [3.63, 3.8) is 0 Å². The number of amidine groups is 1. The van der Waals surface area contributed by atoms with Crippen LogP contribution in [0.4, 0.5) is 10.1 Å². The van der Waals surface area contributed by atoms with E-state index in [9.17, 15) is 4.39 Å². The highest BCUT2D eigenvalue weighted by atomic mass is 19.1. The number of rotatable bonds is 2. The van der Waals surface area contributed by atoms with E-state index in [1.807, 2.05) is 20.0 Å². The molecule has 0 aliphatic carbocycles. The molecule has 24 heavy (non-hydrogen) atoms. The smallest absolute Gasteiger partial charge is 0.157 e. The molecule has 8 heteroatoms. The molecule has 126 valence electrons. The van der Waals surface area contributed by atoms with Crippen molar-refractivity contribution in [2.24, 2.45) is 23.5 Å². The predicted molar refractivity (Wildman–Crippen MR) is 93.2 cm³/mol. The maximum atomic E-state index is 14.1. The van der Waals surface area contributed by atoms with Gasteiger partial charge in [0, 0.05) is 23.7 Å². The van der Waals surface area contributed by atoms with E-state index in [4.69, 9.17) is 11.5 Å². The molecule has 2 aromatic rings. The number of nitrogens with two attached hydrogens (primary N) is 2. The van der Waals surface area contributed by atoms with Crippen LogP contribution in [0.1, 0.15) is 12.6 Å². The summed E-state index contributed by atoms with van der Waals surface area (Å²) < 4.78 is 15.8. The van der Waals surface area contributed by atoms with Crippen LogP contribution in [-0.2, 0) is 7.05 Å². The van der Waals surface area contributed by atoms with Gasteiger partial charge in [-0.3, -0.25) is 4.68 Å². The molecule has 0 aromatic carbocycles. The SMILES string of the molecule is C=C(N)C1=CC(F)C(C)(N)N=C1Nc1cnc2c(c1)c(C)nn2C. The summed E-state index contributed by atoms with van der Waals surface area (Å²) in [7, 11) is 1.83. The van der Waals surface area contributed by atoms with E-state index in [0.29, 0.717) is 17.1 Å². The highest BCUT2D eigenvalue weighted by Crippen LogP contribution is 2.26. The van der Waals surface area contributed by atoms with Crippen molar-refractivity contribution < 1.29 is 4.39 Å². The van der Waals surface area contributed by atoms with Crippen LogP contribution in [0.5, 0.6) is 0 Å². The molecule has 3 heterocycles. The molecule has 2 atom stereocenters. The summed E-state index contributed by atoms with van der Waals surface area (Å²) in [5, 5.41) is 8.36. The Hall–Kier alpha value is -2.74. The minimum absolute atomic E-state index is 0.214. The van der Waals surface area contributed by atoms with Gasteiger partial charge in [0.1, 0.15) is 11.5 Å². The third-order valence-corrected chi connectivity index (χ3v) is 3.95. The molecular formula is C16H20FN7. The van der Waals surface area contributed by atoms with Crippen LogP contribution in [0, 0.1) is 6.92 Å². The normalized spacial score (nSPS) is 23.8. The summed E-state index contributed by atoms with van der Waals surface area (Å²) in [4.78, 5) is 8.64. The number of alkyl halides is 1. The van der Waals surface area contributed by atoms with Crippen LogP contribution in [0.3, 0.4) is 0 Å². The molecule has 0 saturated heterocycles. The number of fused-ring (bicyclic) bond motifs is 1. The third kappa shape index (κ3) is 2.65. The van der Waals surface area contributed by atoms with E-state index in [1.165, 1.54) is 13.0 Å². The van der Waals surface area contributed by atoms with E-state index in [1.54, 1.807) is 10.9 Å². The first kappa shape index (κ1) is 16.1. The van der Waals surface area contributed by atoms with Gasteiger partial charge in [-0.15, -0.1) is 0 Å². The minimum Gasteiger partial charge on any atom is -0.399 e. The minimum atomic E-state index is -1.44. The van der Waals surface area contributed by atoms with Crippen molar-refractivity contribution in [2.75, 3.05) is 5.32 Å². The maximum Gasteiger partial charge on any atom is 0.157 e. The maximum absolute atomic E-state index is 14.1. The number of anilines is 1. The summed E-state index contributed by atoms with van der Waals surface area (Å²) in [6.45, 7) is 7.09. The second-order valence-electron chi connectivity index (χ2n) is 6.12. The molecule has 0 saturated carbocycles. The number of halogens is 1. The van der Waals surface area contributed by atoms with Gasteiger partial charge in [0.15, 0.2) is 11.8 Å². The van der Waals surface area contributed by atoms with Crippen LogP contribution in [0.15, 0.2) is 41.2 Å². The quantitative estimate of drug-likeness (QED) is 0.774. The van der Waals surface area contributed by atoms with Gasteiger partial charge in [0.05, 0.1) is 17.6 Å². The van der Waals surface area contributed by atoms with Crippen molar-refractivity contribution in [2.45, 2.75) is 25.7 Å². The van der Waals surface area contributed by atoms with Crippen LogP contribution in [0.2, 0.25) is 0 Å². The number of nitrogens with one attached hydrogen (secondary N) is 1. The summed E-state index contributed by atoms with van der Waals surface area (Å²) in [5.74, 6) is 0.365. The second-order valence-corrected chi connectivity index (χ2v) is 6.12. The Morgan fingerprint density at radius 2 is 2.21 bits per heavy atom. The Kier molecular flexibility index (Phi) is 3.64. The van der Waals surface area contributed by atoms with Crippen LogP contribution < -0.4 is 16.8 Å². The van der Waals surface area contributed by atoms with Gasteiger partial charge in [0.25, 0.3) is 0 Å². The number of aromatic nitrogens is 3. The monoisotopic (exact) mass is 329 g/mol. The highest BCUT2D eigenvalue weighted by molar-refractivity contribution is 6.11. The van der Waals surface area contributed by atoms with Crippen LogP contribution in [-0.4, -0.2) is 32.4 Å². The summed E-state index contributed by atoms with van der Waals surface area (Å²) in [5.41, 5.74) is 13.2. The van der Waals surface area contributed by atoms with E-state index < -0.39 is 11.8 Å². The number of nitrogens with zero attached hydrogens (tertiary/aromatic N) is 4. The molecule has 0 fully saturated rings. The number of hydrogen-bond donors (Lipinski definition) is 3. The molecule has 1 aliphatic heterocycles. The zero-order chi connectivity index (χ0) is 17.6. The number of pyridine rings is 1. The lowest BCUT2D eigenvalue weighted by atomic mass is 9.99. The number of hydrogen-bond acceptors (Lipinski definition) is 6. The third-order valence-electron chi connectivity index (χ3n) is 3.95. The van der Waals surface area contributed by atoms with Crippen LogP contribution >= 0.6 is 0 Å². The molecule has 0 spiro atoms. The van der Waals surface area contributed by atoms with E-state index in [2.05, 4.69) is 27.0 Å². The Morgan fingerprint density at radius 3 is 2.88 bits per heavy atom. The second kappa shape index (κ2) is 5.41. The fourth-order valence-electron chi connectivity index (χ4n) is 2.62. The zero-order valence-corrected chi connectivity index (χ0v) is 13.8. The van der Waals surface area contributed by atoms with Crippen molar-refractivity contribution >= 4 is 22.6 Å². The standard InChI is InChI=1S/C16H20FN7/c1-8(18)11-6-13(17)16(3,19)22-14(11)21-10-5-12-9(2)23-24(4)15(12)20-7-10/h5-7,13H,1,18-19H2,2-4H3,(H,21,22). The van der Waals surface area contributed by atoms with Crippen molar-refractivity contribution in [1.29, 1.82) is 0 Å². The first-order chi connectivity index (χ1) is 11.2. The largest absolute Gasteiger partial charge is 0.399 e. The molecule has 5 N–H and O–H groups in total. The average Bonchev–Trinajstić information content (AvgIpc) is 2.77. The lowest BCUT2D eigenvalue weighted by Crippen LogP contribution is -2.47. The molecule has 3 rings (SSSR count). The number of aliphatic imine (C=N–C) groups is 1. The van der Waals surface area contributed by atoms with E-state index in [0.717, 1.165) is 16.7 Å². The number of aryl methyl sites for hydroxylation is 2. The summed E-state index contributed by atoms with van der Waals surface area (Å²) in [6, 6.07) is 1.90. The fraction of sp³-hybridized carbons (Fsp3) is 0.312.